The molecule has 41 heavy (non-hydrogen) atoms. The SMILES string of the molecule is CCc1nonc1C(=O)N[C@H](C(=O)Nc1ccc(-c2c(C)n[nH]c2C)cc1)C1c2c(F)ccc(F)c2OCC12CC2. The minimum Gasteiger partial charge on any atom is -0.489 e. The van der Waals surface area contributed by atoms with Crippen LogP contribution >= 0.6 is 0 Å². The summed E-state index contributed by atoms with van der Waals surface area (Å²) in [4.78, 5) is 27.3. The second-order valence-corrected chi connectivity index (χ2v) is 10.6. The molecule has 2 amide bonds. The van der Waals surface area contributed by atoms with E-state index in [4.69, 9.17) is 9.37 Å². The number of hydrogen-bond donors (Lipinski definition) is 3. The van der Waals surface area contributed by atoms with Crippen LogP contribution in [0.15, 0.2) is 41.0 Å². The molecule has 0 radical (unpaired) electrons. The smallest absolute Gasteiger partial charge is 0.276 e. The van der Waals surface area contributed by atoms with E-state index >= 15 is 4.39 Å². The predicted octanol–water partition coefficient (Wildman–Crippen LogP) is 4.61. The van der Waals surface area contributed by atoms with Crippen molar-refractivity contribution in [3.8, 4) is 16.9 Å². The monoisotopic (exact) mass is 562 g/mol. The number of benzene rings is 2. The number of nitrogens with zero attached hydrogens (tertiary/aromatic N) is 3. The Balaban J connectivity index is 1.36. The first-order valence-electron chi connectivity index (χ1n) is 13.4. The average molecular weight is 563 g/mol. The van der Waals surface area contributed by atoms with Crippen LogP contribution in [0.5, 0.6) is 5.75 Å². The Morgan fingerprint density at radius 1 is 1.10 bits per heavy atom. The maximum atomic E-state index is 15.4. The second-order valence-electron chi connectivity index (χ2n) is 10.6. The Hall–Kier alpha value is -4.61. The van der Waals surface area contributed by atoms with Crippen LogP contribution in [-0.4, -0.2) is 45.0 Å². The van der Waals surface area contributed by atoms with Gasteiger partial charge in [0.1, 0.15) is 17.6 Å². The number of anilines is 1. The molecule has 0 bridgehead atoms. The fourth-order valence-corrected chi connectivity index (χ4v) is 5.77. The molecule has 1 saturated carbocycles. The molecule has 1 spiro atoms. The van der Waals surface area contributed by atoms with Crippen LogP contribution in [0.1, 0.15) is 58.8 Å². The molecule has 1 aliphatic carbocycles. The van der Waals surface area contributed by atoms with Gasteiger partial charge in [-0.1, -0.05) is 24.2 Å². The van der Waals surface area contributed by atoms with E-state index in [1.165, 1.54) is 0 Å². The van der Waals surface area contributed by atoms with Gasteiger partial charge in [-0.2, -0.15) is 5.10 Å². The highest BCUT2D eigenvalue weighted by Gasteiger charge is 2.59. The molecule has 212 valence electrons. The molecule has 2 atom stereocenters. The molecular weight excluding hydrogens is 534 g/mol. The molecule has 4 aromatic rings. The summed E-state index contributed by atoms with van der Waals surface area (Å²) in [5, 5.41) is 20.2. The quantitative estimate of drug-likeness (QED) is 0.299. The Morgan fingerprint density at radius 2 is 1.83 bits per heavy atom. The zero-order chi connectivity index (χ0) is 28.9. The first-order valence-corrected chi connectivity index (χ1v) is 13.4. The van der Waals surface area contributed by atoms with E-state index in [9.17, 15) is 14.0 Å². The van der Waals surface area contributed by atoms with Gasteiger partial charge in [-0.05, 0) is 68.1 Å². The molecule has 3 heterocycles. The van der Waals surface area contributed by atoms with Gasteiger partial charge in [-0.15, -0.1) is 0 Å². The van der Waals surface area contributed by atoms with Crippen molar-refractivity contribution in [3.63, 3.8) is 0 Å². The number of nitrogens with one attached hydrogen (secondary N) is 3. The maximum Gasteiger partial charge on any atom is 0.276 e. The van der Waals surface area contributed by atoms with Crippen LogP contribution in [0.4, 0.5) is 14.5 Å². The normalized spacial score (nSPS) is 17.4. The fraction of sp³-hybridized carbons (Fsp3) is 0.345. The number of halogens is 2. The van der Waals surface area contributed by atoms with Crippen LogP contribution in [0, 0.1) is 30.9 Å². The minimum absolute atomic E-state index is 0.0653. The number of H-pyrrole nitrogens is 1. The van der Waals surface area contributed by atoms with E-state index in [-0.39, 0.29) is 23.6 Å². The average Bonchev–Trinajstić information content (AvgIpc) is 3.40. The van der Waals surface area contributed by atoms with E-state index in [0.717, 1.165) is 34.6 Å². The molecule has 12 heteroatoms. The molecule has 1 fully saturated rings. The van der Waals surface area contributed by atoms with Gasteiger partial charge in [0.2, 0.25) is 5.91 Å². The molecule has 6 rings (SSSR count). The van der Waals surface area contributed by atoms with Gasteiger partial charge in [0.25, 0.3) is 5.91 Å². The van der Waals surface area contributed by atoms with Crippen molar-refractivity contribution in [2.45, 2.75) is 52.0 Å². The van der Waals surface area contributed by atoms with Crippen LogP contribution in [0.3, 0.4) is 0 Å². The Labute approximate surface area is 233 Å². The first-order chi connectivity index (χ1) is 19.7. The van der Waals surface area contributed by atoms with E-state index in [1.807, 2.05) is 26.0 Å². The molecule has 2 aromatic carbocycles. The number of aromatic amines is 1. The number of aromatic nitrogens is 4. The maximum absolute atomic E-state index is 15.4. The largest absolute Gasteiger partial charge is 0.489 e. The van der Waals surface area contributed by atoms with E-state index in [0.29, 0.717) is 30.6 Å². The predicted molar refractivity (Wildman–Crippen MR) is 143 cm³/mol. The van der Waals surface area contributed by atoms with Crippen molar-refractivity contribution < 1.29 is 27.7 Å². The van der Waals surface area contributed by atoms with Gasteiger partial charge in [0.15, 0.2) is 17.3 Å². The van der Waals surface area contributed by atoms with Crippen molar-refractivity contribution in [2.75, 3.05) is 11.9 Å². The number of fused-ring (bicyclic) bond motifs is 1. The molecule has 0 saturated heterocycles. The standard InChI is InChI=1S/C29H28F2N6O4/c1-4-20-24(37-41-36-20)27(38)33-25(23-22-18(30)9-10-19(31)26(22)40-13-29(23)11-12-29)28(39)32-17-7-5-16(6-8-17)21-14(2)34-35-15(21)3/h5-10,23,25H,4,11-13H2,1-3H3,(H,32,39)(H,33,38)(H,34,35)/t23?,25-/m0/s1. The number of amides is 2. The van der Waals surface area contributed by atoms with Crippen molar-refractivity contribution in [1.29, 1.82) is 0 Å². The number of rotatable bonds is 7. The molecule has 3 N–H and O–H groups in total. The van der Waals surface area contributed by atoms with E-state index in [1.54, 1.807) is 19.1 Å². The second kappa shape index (κ2) is 10.1. The van der Waals surface area contributed by atoms with Crippen molar-refractivity contribution >= 4 is 17.5 Å². The number of aryl methyl sites for hydroxylation is 3. The highest BCUT2D eigenvalue weighted by atomic mass is 19.1. The lowest BCUT2D eigenvalue weighted by atomic mass is 9.75. The Kier molecular flexibility index (Phi) is 6.55. The van der Waals surface area contributed by atoms with Crippen molar-refractivity contribution in [1.82, 2.24) is 25.8 Å². The summed E-state index contributed by atoms with van der Waals surface area (Å²) in [6.45, 7) is 5.70. The number of ether oxygens (including phenoxy) is 1. The molecular formula is C29H28F2N6O4. The highest BCUT2D eigenvalue weighted by Crippen LogP contribution is 2.62. The zero-order valence-electron chi connectivity index (χ0n) is 22.7. The summed E-state index contributed by atoms with van der Waals surface area (Å²) in [6.07, 6.45) is 1.61. The number of hydrogen-bond acceptors (Lipinski definition) is 7. The molecule has 10 nitrogen and oxygen atoms in total. The Bertz CT molecular complexity index is 1620. The lowest BCUT2D eigenvalue weighted by Crippen LogP contribution is -2.52. The molecule has 2 aliphatic rings. The third kappa shape index (κ3) is 4.62. The zero-order valence-corrected chi connectivity index (χ0v) is 22.7. The van der Waals surface area contributed by atoms with Crippen LogP contribution in [-0.2, 0) is 11.2 Å². The number of carbonyl (C=O) groups excluding carboxylic acids is 2. The van der Waals surface area contributed by atoms with Crippen molar-refractivity contribution in [2.24, 2.45) is 5.41 Å². The lowest BCUT2D eigenvalue weighted by Gasteiger charge is -2.38. The van der Waals surface area contributed by atoms with Crippen LogP contribution in [0.25, 0.3) is 11.1 Å². The molecule has 1 aliphatic heterocycles. The summed E-state index contributed by atoms with van der Waals surface area (Å²) in [5.74, 6) is -3.88. The highest BCUT2D eigenvalue weighted by molar-refractivity contribution is 6.01. The van der Waals surface area contributed by atoms with Gasteiger partial charge in [-0.25, -0.2) is 13.4 Å². The first kappa shape index (κ1) is 26.6. The number of carbonyl (C=O) groups is 2. The lowest BCUT2D eigenvalue weighted by molar-refractivity contribution is -0.119. The van der Waals surface area contributed by atoms with Gasteiger partial charge < -0.3 is 15.4 Å². The summed E-state index contributed by atoms with van der Waals surface area (Å²) in [7, 11) is 0. The van der Waals surface area contributed by atoms with Gasteiger partial charge >= 0.3 is 0 Å². The van der Waals surface area contributed by atoms with E-state index in [2.05, 4.69) is 31.1 Å². The molecule has 2 aromatic heterocycles. The third-order valence-corrected chi connectivity index (χ3v) is 8.04. The third-order valence-electron chi connectivity index (χ3n) is 8.04. The van der Waals surface area contributed by atoms with Crippen LogP contribution in [0.2, 0.25) is 0 Å². The summed E-state index contributed by atoms with van der Waals surface area (Å²) < 4.78 is 40.6. The van der Waals surface area contributed by atoms with Gasteiger partial charge in [0, 0.05) is 33.8 Å². The van der Waals surface area contributed by atoms with Gasteiger partial charge in [0.05, 0.1) is 12.3 Å². The topological polar surface area (TPSA) is 135 Å². The van der Waals surface area contributed by atoms with Crippen LogP contribution < -0.4 is 15.4 Å². The summed E-state index contributed by atoms with van der Waals surface area (Å²) in [6, 6.07) is 7.89. The molecule has 1 unspecified atom stereocenters. The van der Waals surface area contributed by atoms with E-state index < -0.39 is 40.8 Å². The van der Waals surface area contributed by atoms with Crippen molar-refractivity contribution in [3.05, 3.63) is 76.4 Å². The summed E-state index contributed by atoms with van der Waals surface area (Å²) >= 11 is 0. The van der Waals surface area contributed by atoms with Gasteiger partial charge in [-0.3, -0.25) is 14.7 Å². The summed E-state index contributed by atoms with van der Waals surface area (Å²) in [5.41, 5.74) is 3.63. The fourth-order valence-electron chi connectivity index (χ4n) is 5.77. The minimum atomic E-state index is -1.29. The Morgan fingerprint density at radius 3 is 2.49 bits per heavy atom.